The fourth-order valence-corrected chi connectivity index (χ4v) is 2.59. The van der Waals surface area contributed by atoms with E-state index in [2.05, 4.69) is 15.3 Å². The lowest BCUT2D eigenvalue weighted by atomic mass is 10.1. The Hall–Kier alpha value is -0.950. The van der Waals surface area contributed by atoms with Gasteiger partial charge in [0.1, 0.15) is 0 Å². The average Bonchev–Trinajstić information content (AvgIpc) is 2.68. The third-order valence-electron chi connectivity index (χ3n) is 3.60. The molecule has 20 heavy (non-hydrogen) atoms. The van der Waals surface area contributed by atoms with Crippen molar-refractivity contribution in [1.82, 2.24) is 20.0 Å². The summed E-state index contributed by atoms with van der Waals surface area (Å²) in [6, 6.07) is 0. The number of morpholine rings is 1. The number of nitrogens with zero attached hydrogens (tertiary/aromatic N) is 3. The highest BCUT2D eigenvalue weighted by atomic mass is 16.5. The number of aromatic nitrogens is 2. The highest BCUT2D eigenvalue weighted by Gasteiger charge is 2.24. The smallest absolute Gasteiger partial charge is 0.0869 e. The zero-order valence-electron chi connectivity index (χ0n) is 12.7. The van der Waals surface area contributed by atoms with Gasteiger partial charge in [0.25, 0.3) is 0 Å². The van der Waals surface area contributed by atoms with Gasteiger partial charge in [-0.2, -0.15) is 5.10 Å². The largest absolute Gasteiger partial charge is 0.388 e. The molecular formula is C14H26N4O2. The molecule has 1 fully saturated rings. The maximum absolute atomic E-state index is 10.5. The highest BCUT2D eigenvalue weighted by molar-refractivity contribution is 5.14. The van der Waals surface area contributed by atoms with Gasteiger partial charge >= 0.3 is 0 Å². The molecule has 1 aliphatic rings. The van der Waals surface area contributed by atoms with E-state index < -0.39 is 5.60 Å². The van der Waals surface area contributed by atoms with Crippen molar-refractivity contribution in [3.8, 4) is 0 Å². The van der Waals surface area contributed by atoms with E-state index in [1.165, 1.54) is 5.56 Å². The van der Waals surface area contributed by atoms with Crippen LogP contribution in [-0.4, -0.2) is 64.8 Å². The van der Waals surface area contributed by atoms with Gasteiger partial charge < -0.3 is 15.2 Å². The van der Waals surface area contributed by atoms with Gasteiger partial charge in [-0.3, -0.25) is 9.58 Å². The minimum absolute atomic E-state index is 0.568. The van der Waals surface area contributed by atoms with Crippen LogP contribution in [0.1, 0.15) is 18.2 Å². The number of ether oxygens (including phenoxy) is 1. The molecule has 2 N–H and O–H groups in total. The molecule has 6 heteroatoms. The summed E-state index contributed by atoms with van der Waals surface area (Å²) < 4.78 is 7.14. The van der Waals surface area contributed by atoms with Crippen molar-refractivity contribution in [3.63, 3.8) is 0 Å². The van der Waals surface area contributed by atoms with Gasteiger partial charge in [0.05, 0.1) is 24.5 Å². The fourth-order valence-electron chi connectivity index (χ4n) is 2.59. The van der Waals surface area contributed by atoms with Crippen LogP contribution < -0.4 is 5.32 Å². The molecule has 0 radical (unpaired) electrons. The summed E-state index contributed by atoms with van der Waals surface area (Å²) >= 11 is 0. The molecule has 6 nitrogen and oxygen atoms in total. The lowest BCUT2D eigenvalue weighted by Crippen LogP contribution is -2.50. The van der Waals surface area contributed by atoms with E-state index in [1.54, 1.807) is 0 Å². The third-order valence-corrected chi connectivity index (χ3v) is 3.60. The number of aryl methyl sites for hydroxylation is 2. The molecule has 2 heterocycles. The summed E-state index contributed by atoms with van der Waals surface area (Å²) in [6.45, 7) is 9.19. The average molecular weight is 282 g/mol. The van der Waals surface area contributed by atoms with Crippen molar-refractivity contribution < 1.29 is 9.84 Å². The van der Waals surface area contributed by atoms with Gasteiger partial charge in [0.15, 0.2) is 0 Å². The van der Waals surface area contributed by atoms with E-state index in [0.29, 0.717) is 13.1 Å². The Bertz CT molecular complexity index is 425. The molecule has 1 saturated heterocycles. The van der Waals surface area contributed by atoms with E-state index >= 15 is 0 Å². The summed E-state index contributed by atoms with van der Waals surface area (Å²) in [5, 5.41) is 18.1. The molecule has 1 aromatic rings. The van der Waals surface area contributed by atoms with Crippen LogP contribution in [0.4, 0.5) is 0 Å². The maximum atomic E-state index is 10.5. The molecule has 114 valence electrons. The number of rotatable bonds is 6. The van der Waals surface area contributed by atoms with Crippen molar-refractivity contribution in [2.24, 2.45) is 7.05 Å². The van der Waals surface area contributed by atoms with Crippen LogP contribution in [0.3, 0.4) is 0 Å². The first-order valence-electron chi connectivity index (χ1n) is 7.19. The second-order valence-electron chi connectivity index (χ2n) is 5.90. The predicted octanol–water partition coefficient (Wildman–Crippen LogP) is -0.0987. The third kappa shape index (κ3) is 4.56. The lowest BCUT2D eigenvalue weighted by molar-refractivity contribution is -0.0219. The summed E-state index contributed by atoms with van der Waals surface area (Å²) in [4.78, 5) is 2.25. The molecule has 1 aliphatic heterocycles. The number of β-amino-alcohol motifs (C(OH)–C–C–N with tert-alkyl or cyclic N) is 1. The van der Waals surface area contributed by atoms with E-state index in [9.17, 15) is 5.11 Å². The van der Waals surface area contributed by atoms with Crippen LogP contribution in [0.25, 0.3) is 0 Å². The number of aliphatic hydroxyl groups is 1. The second kappa shape index (κ2) is 6.67. The van der Waals surface area contributed by atoms with Crippen molar-refractivity contribution in [3.05, 3.63) is 17.5 Å². The number of hydrogen-bond acceptors (Lipinski definition) is 5. The van der Waals surface area contributed by atoms with Crippen molar-refractivity contribution >= 4 is 0 Å². The van der Waals surface area contributed by atoms with E-state index in [-0.39, 0.29) is 0 Å². The highest BCUT2D eigenvalue weighted by Crippen LogP contribution is 2.09. The maximum Gasteiger partial charge on any atom is 0.0869 e. The monoisotopic (exact) mass is 282 g/mol. The van der Waals surface area contributed by atoms with E-state index in [4.69, 9.17) is 4.74 Å². The zero-order chi connectivity index (χ0) is 14.6. The zero-order valence-corrected chi connectivity index (χ0v) is 12.7. The van der Waals surface area contributed by atoms with Gasteiger partial charge in [-0.1, -0.05) is 0 Å². The SMILES string of the molecule is Cc1nn(C)cc1CNCC(C)(O)CN1CCOCC1. The number of nitrogens with one attached hydrogen (secondary N) is 1. The standard InChI is InChI=1S/C14H26N4O2/c1-12-13(9-17(3)16-12)8-15-10-14(2,19)11-18-4-6-20-7-5-18/h9,15,19H,4-8,10-11H2,1-3H3. The fraction of sp³-hybridized carbons (Fsp3) is 0.786. The summed E-state index contributed by atoms with van der Waals surface area (Å²) in [5.74, 6) is 0. The lowest BCUT2D eigenvalue weighted by Gasteiger charge is -2.34. The molecule has 0 bridgehead atoms. The molecule has 0 aromatic carbocycles. The van der Waals surface area contributed by atoms with Crippen LogP contribution >= 0.6 is 0 Å². The molecule has 1 aromatic heterocycles. The summed E-state index contributed by atoms with van der Waals surface area (Å²) in [5.41, 5.74) is 1.48. The van der Waals surface area contributed by atoms with Gasteiger partial charge in [0.2, 0.25) is 0 Å². The molecule has 1 unspecified atom stereocenters. The van der Waals surface area contributed by atoms with Gasteiger partial charge in [0, 0.05) is 51.5 Å². The Morgan fingerprint density at radius 3 is 2.75 bits per heavy atom. The topological polar surface area (TPSA) is 62.5 Å². The van der Waals surface area contributed by atoms with Crippen LogP contribution in [0.5, 0.6) is 0 Å². The van der Waals surface area contributed by atoms with Crippen LogP contribution in [-0.2, 0) is 18.3 Å². The van der Waals surface area contributed by atoms with Gasteiger partial charge in [-0.25, -0.2) is 0 Å². The van der Waals surface area contributed by atoms with Crippen molar-refractivity contribution in [1.29, 1.82) is 0 Å². The molecule has 2 rings (SSSR count). The molecule has 1 atom stereocenters. The minimum Gasteiger partial charge on any atom is -0.388 e. The Labute approximate surface area is 120 Å². The summed E-state index contributed by atoms with van der Waals surface area (Å²) in [7, 11) is 1.92. The van der Waals surface area contributed by atoms with Crippen molar-refractivity contribution in [2.45, 2.75) is 26.0 Å². The molecule has 0 saturated carbocycles. The second-order valence-corrected chi connectivity index (χ2v) is 5.90. The molecule has 0 spiro atoms. The minimum atomic E-state index is -0.729. The first-order valence-corrected chi connectivity index (χ1v) is 7.19. The normalized spacial score (nSPS) is 20.0. The van der Waals surface area contributed by atoms with Gasteiger partial charge in [-0.05, 0) is 13.8 Å². The molecule has 0 aliphatic carbocycles. The molecule has 0 amide bonds. The number of hydrogen-bond donors (Lipinski definition) is 2. The quantitative estimate of drug-likeness (QED) is 0.763. The van der Waals surface area contributed by atoms with Crippen LogP contribution in [0.15, 0.2) is 6.20 Å². The van der Waals surface area contributed by atoms with E-state index in [1.807, 2.05) is 31.8 Å². The molecular weight excluding hydrogens is 256 g/mol. The van der Waals surface area contributed by atoms with Crippen LogP contribution in [0.2, 0.25) is 0 Å². The Kier molecular flexibility index (Phi) is 5.15. The summed E-state index contributed by atoms with van der Waals surface area (Å²) in [6.07, 6.45) is 2.01. The predicted molar refractivity (Wildman–Crippen MR) is 77.5 cm³/mol. The Morgan fingerprint density at radius 1 is 1.45 bits per heavy atom. The van der Waals surface area contributed by atoms with E-state index in [0.717, 1.165) is 38.5 Å². The Morgan fingerprint density at radius 2 is 2.15 bits per heavy atom. The van der Waals surface area contributed by atoms with Gasteiger partial charge in [-0.15, -0.1) is 0 Å². The van der Waals surface area contributed by atoms with Crippen LogP contribution in [0, 0.1) is 6.92 Å². The first-order chi connectivity index (χ1) is 9.46. The Balaban J connectivity index is 1.75. The first kappa shape index (κ1) is 15.4. The van der Waals surface area contributed by atoms with Crippen molar-refractivity contribution in [2.75, 3.05) is 39.4 Å².